The Kier molecular flexibility index (Phi) is 5.58. The molecule has 3 N–H and O–H groups in total. The second-order valence-corrected chi connectivity index (χ2v) is 5.98. The summed E-state index contributed by atoms with van der Waals surface area (Å²) in [5, 5.41) is 7.92. The van der Waals surface area contributed by atoms with Crippen LogP contribution in [0.1, 0.15) is 5.56 Å². The Morgan fingerprint density at radius 1 is 1.08 bits per heavy atom. The van der Waals surface area contributed by atoms with E-state index in [4.69, 9.17) is 9.47 Å². The number of carbonyl (C=O) groups excluding carboxylic acids is 2. The van der Waals surface area contributed by atoms with E-state index in [2.05, 4.69) is 16.0 Å². The summed E-state index contributed by atoms with van der Waals surface area (Å²) in [4.78, 5) is 23.7. The van der Waals surface area contributed by atoms with E-state index in [1.165, 1.54) is 0 Å². The maximum atomic E-state index is 11.9. The van der Waals surface area contributed by atoms with Crippen LogP contribution in [0.4, 0.5) is 10.5 Å². The predicted molar refractivity (Wildman–Crippen MR) is 97.6 cm³/mol. The van der Waals surface area contributed by atoms with Gasteiger partial charge in [-0.05, 0) is 36.8 Å². The molecule has 1 aliphatic heterocycles. The van der Waals surface area contributed by atoms with Crippen molar-refractivity contribution >= 4 is 17.6 Å². The van der Waals surface area contributed by atoms with E-state index < -0.39 is 6.03 Å². The fraction of sp³-hybridized carbons (Fsp3) is 0.263. The smallest absolute Gasteiger partial charge is 0.319 e. The first-order valence-electron chi connectivity index (χ1n) is 8.37. The van der Waals surface area contributed by atoms with Crippen molar-refractivity contribution in [3.8, 4) is 11.5 Å². The third-order valence-electron chi connectivity index (χ3n) is 3.78. The summed E-state index contributed by atoms with van der Waals surface area (Å²) < 4.78 is 11.3. The molecule has 0 spiro atoms. The van der Waals surface area contributed by atoms with Crippen LogP contribution in [0, 0.1) is 6.92 Å². The van der Waals surface area contributed by atoms with Gasteiger partial charge in [0.2, 0.25) is 5.91 Å². The third-order valence-corrected chi connectivity index (χ3v) is 3.78. The number of fused-ring (bicyclic) bond motifs is 1. The number of anilines is 1. The van der Waals surface area contributed by atoms with Crippen molar-refractivity contribution in [1.29, 1.82) is 0 Å². The molecule has 1 unspecified atom stereocenters. The number of amides is 3. The normalized spacial score (nSPS) is 15.0. The highest BCUT2D eigenvalue weighted by Crippen LogP contribution is 2.30. The van der Waals surface area contributed by atoms with Gasteiger partial charge in [0.25, 0.3) is 0 Å². The number of aryl methyl sites for hydroxylation is 1. The molecule has 0 saturated carbocycles. The molecule has 26 heavy (non-hydrogen) atoms. The molecule has 0 saturated heterocycles. The van der Waals surface area contributed by atoms with Crippen molar-refractivity contribution in [2.45, 2.75) is 13.0 Å². The molecule has 0 fully saturated rings. The van der Waals surface area contributed by atoms with Crippen LogP contribution in [0.5, 0.6) is 11.5 Å². The number of benzene rings is 2. The fourth-order valence-electron chi connectivity index (χ4n) is 2.51. The molecule has 1 atom stereocenters. The van der Waals surface area contributed by atoms with Crippen LogP contribution in [0.25, 0.3) is 0 Å². The van der Waals surface area contributed by atoms with E-state index in [-0.39, 0.29) is 18.6 Å². The average molecular weight is 355 g/mol. The lowest BCUT2D eigenvalue weighted by Gasteiger charge is -2.26. The zero-order valence-electron chi connectivity index (χ0n) is 14.5. The van der Waals surface area contributed by atoms with Crippen LogP contribution < -0.4 is 25.4 Å². The lowest BCUT2D eigenvalue weighted by atomic mass is 10.2. The zero-order valence-corrected chi connectivity index (χ0v) is 14.5. The molecule has 136 valence electrons. The Hall–Kier alpha value is -3.22. The largest absolute Gasteiger partial charge is 0.486 e. The van der Waals surface area contributed by atoms with Crippen molar-refractivity contribution in [3.63, 3.8) is 0 Å². The molecular formula is C19H21N3O4. The minimum absolute atomic E-state index is 0.123. The van der Waals surface area contributed by atoms with Crippen molar-refractivity contribution in [2.75, 3.05) is 25.0 Å². The number of rotatable bonds is 5. The van der Waals surface area contributed by atoms with E-state index in [1.807, 2.05) is 49.4 Å². The van der Waals surface area contributed by atoms with E-state index in [1.54, 1.807) is 6.07 Å². The number of hydrogen-bond donors (Lipinski definition) is 3. The summed E-state index contributed by atoms with van der Waals surface area (Å²) in [5.74, 6) is 1.06. The van der Waals surface area contributed by atoms with E-state index in [0.717, 1.165) is 5.56 Å². The number of nitrogens with one attached hydrogen (secondary N) is 3. The Morgan fingerprint density at radius 2 is 1.88 bits per heavy atom. The summed E-state index contributed by atoms with van der Waals surface area (Å²) in [7, 11) is 0. The first-order valence-corrected chi connectivity index (χ1v) is 8.37. The molecule has 0 bridgehead atoms. The number of para-hydroxylation sites is 2. The second-order valence-electron chi connectivity index (χ2n) is 5.98. The van der Waals surface area contributed by atoms with Gasteiger partial charge in [0.05, 0.1) is 13.1 Å². The molecule has 3 amide bonds. The van der Waals surface area contributed by atoms with E-state index >= 15 is 0 Å². The van der Waals surface area contributed by atoms with Crippen molar-refractivity contribution < 1.29 is 19.1 Å². The van der Waals surface area contributed by atoms with Gasteiger partial charge in [0.15, 0.2) is 11.5 Å². The maximum Gasteiger partial charge on any atom is 0.319 e. The highest BCUT2D eigenvalue weighted by atomic mass is 16.6. The van der Waals surface area contributed by atoms with Gasteiger partial charge in [0, 0.05) is 5.69 Å². The van der Waals surface area contributed by atoms with Gasteiger partial charge in [-0.25, -0.2) is 4.79 Å². The van der Waals surface area contributed by atoms with Crippen molar-refractivity contribution in [3.05, 3.63) is 54.1 Å². The van der Waals surface area contributed by atoms with Gasteiger partial charge in [-0.2, -0.15) is 0 Å². The van der Waals surface area contributed by atoms with Crippen LogP contribution >= 0.6 is 0 Å². The summed E-state index contributed by atoms with van der Waals surface area (Å²) in [6, 6.07) is 14.4. The Bertz CT molecular complexity index is 794. The molecule has 0 radical (unpaired) electrons. The number of ether oxygens (including phenoxy) is 2. The molecule has 3 rings (SSSR count). The zero-order chi connectivity index (χ0) is 18.4. The lowest BCUT2D eigenvalue weighted by molar-refractivity contribution is -0.120. The quantitative estimate of drug-likeness (QED) is 0.766. The van der Waals surface area contributed by atoms with Gasteiger partial charge in [-0.1, -0.05) is 24.3 Å². The number of urea groups is 1. The predicted octanol–water partition coefficient (Wildman–Crippen LogP) is 2.07. The molecular weight excluding hydrogens is 334 g/mol. The summed E-state index contributed by atoms with van der Waals surface area (Å²) in [5.41, 5.74) is 1.71. The maximum absolute atomic E-state index is 11.9. The minimum atomic E-state index is -0.433. The summed E-state index contributed by atoms with van der Waals surface area (Å²) >= 11 is 0. The molecule has 7 nitrogen and oxygen atoms in total. The van der Waals surface area contributed by atoms with Crippen molar-refractivity contribution in [1.82, 2.24) is 10.6 Å². The standard InChI is InChI=1S/C19H21N3O4/c1-13-5-4-6-14(9-13)22-19(24)21-11-18(23)20-10-15-12-25-16-7-2-3-8-17(16)26-15/h2-9,15H,10-12H2,1H3,(H,20,23)(H2,21,22,24). The van der Waals surface area contributed by atoms with Crippen LogP contribution in [0.3, 0.4) is 0 Å². The van der Waals surface area contributed by atoms with Crippen LogP contribution in [0.2, 0.25) is 0 Å². The molecule has 0 aliphatic carbocycles. The SMILES string of the molecule is Cc1cccc(NC(=O)NCC(=O)NCC2COc3ccccc3O2)c1. The molecule has 2 aromatic carbocycles. The highest BCUT2D eigenvalue weighted by Gasteiger charge is 2.21. The number of hydrogen-bond acceptors (Lipinski definition) is 4. The fourth-order valence-corrected chi connectivity index (χ4v) is 2.51. The molecule has 1 heterocycles. The molecule has 0 aromatic heterocycles. The van der Waals surface area contributed by atoms with E-state index in [9.17, 15) is 9.59 Å². The van der Waals surface area contributed by atoms with Gasteiger partial charge in [-0.15, -0.1) is 0 Å². The third kappa shape index (κ3) is 4.89. The van der Waals surface area contributed by atoms with Crippen molar-refractivity contribution in [2.24, 2.45) is 0 Å². The second kappa shape index (κ2) is 8.24. The van der Waals surface area contributed by atoms with Gasteiger partial charge in [-0.3, -0.25) is 4.79 Å². The van der Waals surface area contributed by atoms with Crippen LogP contribution in [0.15, 0.2) is 48.5 Å². The van der Waals surface area contributed by atoms with Gasteiger partial charge < -0.3 is 25.4 Å². The molecule has 7 heteroatoms. The van der Waals surface area contributed by atoms with Gasteiger partial charge in [0.1, 0.15) is 12.7 Å². The lowest BCUT2D eigenvalue weighted by Crippen LogP contribution is -2.44. The molecule has 2 aromatic rings. The molecule has 1 aliphatic rings. The average Bonchev–Trinajstić information content (AvgIpc) is 2.64. The monoisotopic (exact) mass is 355 g/mol. The minimum Gasteiger partial charge on any atom is -0.486 e. The van der Waals surface area contributed by atoms with Crippen LogP contribution in [-0.4, -0.2) is 37.7 Å². The Balaban J connectivity index is 1.37. The topological polar surface area (TPSA) is 88.7 Å². The van der Waals surface area contributed by atoms with Crippen LogP contribution in [-0.2, 0) is 4.79 Å². The number of carbonyl (C=O) groups is 2. The Morgan fingerprint density at radius 3 is 2.69 bits per heavy atom. The first-order chi connectivity index (χ1) is 12.6. The summed E-state index contributed by atoms with van der Waals surface area (Å²) in [6.07, 6.45) is -0.269. The first kappa shape index (κ1) is 17.6. The van der Waals surface area contributed by atoms with E-state index in [0.29, 0.717) is 30.3 Å². The Labute approximate surface area is 151 Å². The van der Waals surface area contributed by atoms with Gasteiger partial charge >= 0.3 is 6.03 Å². The summed E-state index contributed by atoms with van der Waals surface area (Å²) in [6.45, 7) is 2.47. The highest BCUT2D eigenvalue weighted by molar-refractivity contribution is 5.92.